The van der Waals surface area contributed by atoms with Crippen LogP contribution in [0.5, 0.6) is 17.2 Å². The molecule has 6 heteroatoms. The van der Waals surface area contributed by atoms with Gasteiger partial charge in [0.05, 0.1) is 0 Å². The maximum absolute atomic E-state index is 13.3. The predicted molar refractivity (Wildman–Crippen MR) is 113 cm³/mol. The molecule has 0 aromatic heterocycles. The summed E-state index contributed by atoms with van der Waals surface area (Å²) in [6.45, 7) is 2.77. The predicted octanol–water partition coefficient (Wildman–Crippen LogP) is 4.90. The molecule has 29 heavy (non-hydrogen) atoms. The maximum atomic E-state index is 13.3. The number of hydrogen-bond donors (Lipinski definition) is 2. The second-order valence-corrected chi connectivity index (χ2v) is 7.91. The molecule has 0 saturated carbocycles. The first-order chi connectivity index (χ1) is 14.0. The highest BCUT2D eigenvalue weighted by molar-refractivity contribution is 9.10. The number of fused-ring (bicyclic) bond motifs is 1. The zero-order valence-corrected chi connectivity index (χ0v) is 17.4. The summed E-state index contributed by atoms with van der Waals surface area (Å²) < 4.78 is 6.88. The third-order valence-electron chi connectivity index (χ3n) is 5.13. The van der Waals surface area contributed by atoms with Crippen LogP contribution in [0.15, 0.2) is 59.1 Å². The number of carbonyl (C=O) groups is 1. The van der Waals surface area contributed by atoms with Gasteiger partial charge in [-0.15, -0.1) is 0 Å². The largest absolute Gasteiger partial charge is 0.507 e. The Morgan fingerprint density at radius 1 is 1.07 bits per heavy atom. The summed E-state index contributed by atoms with van der Waals surface area (Å²) in [5, 5.41) is 20.7. The Labute approximate surface area is 177 Å². The van der Waals surface area contributed by atoms with E-state index in [1.807, 2.05) is 48.5 Å². The number of nitrogens with zero attached hydrogens (tertiary/aromatic N) is 1. The summed E-state index contributed by atoms with van der Waals surface area (Å²) >= 11 is 3.54. The molecule has 0 unspecified atom stereocenters. The van der Waals surface area contributed by atoms with Crippen LogP contribution in [-0.4, -0.2) is 21.0 Å². The van der Waals surface area contributed by atoms with Crippen molar-refractivity contribution in [3.05, 3.63) is 86.9 Å². The van der Waals surface area contributed by atoms with Gasteiger partial charge in [-0.2, -0.15) is 0 Å². The van der Waals surface area contributed by atoms with Crippen molar-refractivity contribution in [3.63, 3.8) is 0 Å². The zero-order chi connectivity index (χ0) is 20.5. The number of carbonyl (C=O) groups excluding carboxylic acids is 1. The minimum absolute atomic E-state index is 0.0696. The Kier molecular flexibility index (Phi) is 5.20. The van der Waals surface area contributed by atoms with Crippen LogP contribution in [-0.2, 0) is 19.7 Å². The molecule has 1 heterocycles. The molecule has 0 atom stereocenters. The second-order valence-electron chi connectivity index (χ2n) is 7.06. The van der Waals surface area contributed by atoms with E-state index in [0.29, 0.717) is 18.7 Å². The number of hydrogen-bond acceptors (Lipinski definition) is 4. The number of aromatic hydroxyl groups is 2. The summed E-state index contributed by atoms with van der Waals surface area (Å²) in [5.41, 5.74) is 3.53. The molecule has 0 aliphatic carbocycles. The van der Waals surface area contributed by atoms with Crippen molar-refractivity contribution in [2.45, 2.75) is 26.6 Å². The number of phenolic OH excluding ortho intramolecular Hbond substituents is 2. The first-order valence-electron chi connectivity index (χ1n) is 9.23. The molecule has 0 saturated heterocycles. The molecule has 1 amide bonds. The molecule has 3 aromatic rings. The Bertz CT molecular complexity index is 1080. The van der Waals surface area contributed by atoms with E-state index < -0.39 is 0 Å². The molecule has 148 valence electrons. The smallest absolute Gasteiger partial charge is 0.262 e. The van der Waals surface area contributed by atoms with Crippen LogP contribution in [0.3, 0.4) is 0 Å². The van der Waals surface area contributed by atoms with Crippen LogP contribution in [0.4, 0.5) is 0 Å². The third kappa shape index (κ3) is 3.68. The van der Waals surface area contributed by atoms with Crippen LogP contribution in [0, 0.1) is 6.92 Å². The zero-order valence-electron chi connectivity index (χ0n) is 15.9. The van der Waals surface area contributed by atoms with E-state index in [4.69, 9.17) is 4.74 Å². The molecule has 4 rings (SSSR count). The highest BCUT2D eigenvalue weighted by atomic mass is 79.9. The van der Waals surface area contributed by atoms with E-state index in [1.54, 1.807) is 11.8 Å². The molecule has 0 bridgehead atoms. The van der Waals surface area contributed by atoms with Crippen LogP contribution in [0.25, 0.3) is 0 Å². The number of rotatable bonds is 4. The Morgan fingerprint density at radius 2 is 1.83 bits per heavy atom. The van der Waals surface area contributed by atoms with Gasteiger partial charge in [0.2, 0.25) is 0 Å². The van der Waals surface area contributed by atoms with E-state index in [2.05, 4.69) is 15.9 Å². The van der Waals surface area contributed by atoms with E-state index in [9.17, 15) is 15.0 Å². The molecule has 5 nitrogen and oxygen atoms in total. The first-order valence-corrected chi connectivity index (χ1v) is 10.0. The minimum Gasteiger partial charge on any atom is -0.507 e. The minimum atomic E-state index is -0.336. The van der Waals surface area contributed by atoms with Crippen LogP contribution in [0.2, 0.25) is 0 Å². The van der Waals surface area contributed by atoms with Gasteiger partial charge >= 0.3 is 0 Å². The van der Waals surface area contributed by atoms with E-state index in [1.165, 1.54) is 6.07 Å². The molecule has 0 spiro atoms. The lowest BCUT2D eigenvalue weighted by Crippen LogP contribution is -2.26. The van der Waals surface area contributed by atoms with Gasteiger partial charge in [-0.05, 0) is 29.7 Å². The summed E-state index contributed by atoms with van der Waals surface area (Å²) in [6.07, 6.45) is 0. The Balaban J connectivity index is 1.67. The van der Waals surface area contributed by atoms with Gasteiger partial charge in [-0.1, -0.05) is 58.4 Å². The van der Waals surface area contributed by atoms with Crippen molar-refractivity contribution >= 4 is 21.8 Å². The lowest BCUT2D eigenvalue weighted by molar-refractivity contribution is 0.0742. The monoisotopic (exact) mass is 453 g/mol. The van der Waals surface area contributed by atoms with Gasteiger partial charge in [-0.25, -0.2) is 0 Å². The molecule has 1 aliphatic heterocycles. The van der Waals surface area contributed by atoms with Crippen molar-refractivity contribution in [2.75, 3.05) is 0 Å². The van der Waals surface area contributed by atoms with E-state index in [0.717, 1.165) is 21.2 Å². The molecule has 0 radical (unpaired) electrons. The van der Waals surface area contributed by atoms with Crippen molar-refractivity contribution in [1.82, 2.24) is 4.90 Å². The second kappa shape index (κ2) is 7.79. The normalized spacial score (nSPS) is 12.7. The van der Waals surface area contributed by atoms with E-state index in [-0.39, 0.29) is 35.3 Å². The van der Waals surface area contributed by atoms with Crippen molar-refractivity contribution in [2.24, 2.45) is 0 Å². The summed E-state index contributed by atoms with van der Waals surface area (Å²) in [7, 11) is 0. The quantitative estimate of drug-likeness (QED) is 0.588. The SMILES string of the molecule is Cc1c(O)cc(O)c(C(=O)N2Cc3cccc(Br)c3C2)c1OCc1ccccc1. The summed E-state index contributed by atoms with van der Waals surface area (Å²) in [5.74, 6) is -0.547. The molecule has 0 fully saturated rings. The molecule has 3 aromatic carbocycles. The Morgan fingerprint density at radius 3 is 2.55 bits per heavy atom. The van der Waals surface area contributed by atoms with Crippen molar-refractivity contribution < 1.29 is 19.7 Å². The topological polar surface area (TPSA) is 70.0 Å². The highest BCUT2D eigenvalue weighted by Crippen LogP contribution is 2.40. The number of amides is 1. The van der Waals surface area contributed by atoms with Gasteiger partial charge in [-0.3, -0.25) is 4.79 Å². The Hall–Kier alpha value is -2.99. The lowest BCUT2D eigenvalue weighted by Gasteiger charge is -2.21. The van der Waals surface area contributed by atoms with Gasteiger partial charge in [0.15, 0.2) is 0 Å². The van der Waals surface area contributed by atoms with Crippen molar-refractivity contribution in [1.29, 1.82) is 0 Å². The van der Waals surface area contributed by atoms with Crippen LogP contribution < -0.4 is 4.74 Å². The molecular weight excluding hydrogens is 434 g/mol. The van der Waals surface area contributed by atoms with Crippen molar-refractivity contribution in [3.8, 4) is 17.2 Å². The van der Waals surface area contributed by atoms with Gasteiger partial charge in [0.1, 0.15) is 29.4 Å². The number of halogens is 1. The average Bonchev–Trinajstić information content (AvgIpc) is 3.16. The average molecular weight is 454 g/mol. The van der Waals surface area contributed by atoms with Gasteiger partial charge in [0, 0.05) is 29.2 Å². The molecule has 1 aliphatic rings. The third-order valence-corrected chi connectivity index (χ3v) is 5.88. The fourth-order valence-electron chi connectivity index (χ4n) is 3.53. The molecule has 2 N–H and O–H groups in total. The fraction of sp³-hybridized carbons (Fsp3) is 0.174. The highest BCUT2D eigenvalue weighted by Gasteiger charge is 2.31. The fourth-order valence-corrected chi connectivity index (χ4v) is 4.06. The number of ether oxygens (including phenoxy) is 1. The maximum Gasteiger partial charge on any atom is 0.262 e. The van der Waals surface area contributed by atoms with Crippen LogP contribution in [0.1, 0.15) is 32.6 Å². The van der Waals surface area contributed by atoms with Crippen LogP contribution >= 0.6 is 15.9 Å². The number of phenols is 2. The van der Waals surface area contributed by atoms with Gasteiger partial charge in [0.25, 0.3) is 5.91 Å². The van der Waals surface area contributed by atoms with E-state index >= 15 is 0 Å². The molecular formula is C23H20BrNO4. The first kappa shape index (κ1) is 19.3. The van der Waals surface area contributed by atoms with Gasteiger partial charge < -0.3 is 19.8 Å². The standard InChI is InChI=1S/C23H20BrNO4/c1-14-19(26)10-20(27)21(22(14)29-13-15-6-3-2-4-7-15)23(28)25-11-16-8-5-9-18(24)17(16)12-25/h2-10,26-27H,11-13H2,1H3. The summed E-state index contributed by atoms with van der Waals surface area (Å²) in [6, 6.07) is 16.6. The summed E-state index contributed by atoms with van der Waals surface area (Å²) in [4.78, 5) is 15.0. The number of benzene rings is 3. The lowest BCUT2D eigenvalue weighted by atomic mass is 10.1.